The molecule has 0 radical (unpaired) electrons. The van der Waals surface area contributed by atoms with Gasteiger partial charge in [-0.1, -0.05) is 0 Å². The van der Waals surface area contributed by atoms with Crippen molar-refractivity contribution in [3.8, 4) is 11.5 Å². The van der Waals surface area contributed by atoms with E-state index in [0.717, 1.165) is 12.1 Å². The van der Waals surface area contributed by atoms with Crippen LogP contribution >= 0.6 is 0 Å². The Morgan fingerprint density at radius 1 is 1.35 bits per heavy atom. The third kappa shape index (κ3) is 5.35. The summed E-state index contributed by atoms with van der Waals surface area (Å²) in [5.74, 6) is -1.02. The molecule has 0 aliphatic rings. The van der Waals surface area contributed by atoms with Gasteiger partial charge in [0.05, 0.1) is 13.2 Å². The number of ether oxygens (including phenoxy) is 3. The van der Waals surface area contributed by atoms with Gasteiger partial charge in [0.25, 0.3) is 0 Å². The summed E-state index contributed by atoms with van der Waals surface area (Å²) in [6, 6.07) is 3.17. The van der Waals surface area contributed by atoms with Crippen molar-refractivity contribution >= 4 is 5.97 Å². The van der Waals surface area contributed by atoms with Crippen molar-refractivity contribution in [1.82, 2.24) is 0 Å². The fourth-order valence-electron chi connectivity index (χ4n) is 1.36. The highest BCUT2D eigenvalue weighted by Crippen LogP contribution is 2.28. The highest BCUT2D eigenvalue weighted by atomic mass is 19.4. The first-order valence-corrected chi connectivity index (χ1v) is 5.63. The zero-order chi connectivity index (χ0) is 15.2. The van der Waals surface area contributed by atoms with E-state index >= 15 is 0 Å². The van der Waals surface area contributed by atoms with Gasteiger partial charge in [-0.25, -0.2) is 4.79 Å². The first-order valence-electron chi connectivity index (χ1n) is 5.63. The minimum Gasteiger partial charge on any atom is -0.482 e. The lowest BCUT2D eigenvalue weighted by Gasteiger charge is -2.13. The van der Waals surface area contributed by atoms with E-state index in [-0.39, 0.29) is 17.9 Å². The predicted octanol–water partition coefficient (Wildman–Crippen LogP) is 2.02. The predicted molar refractivity (Wildman–Crippen MR) is 61.2 cm³/mol. The summed E-state index contributed by atoms with van der Waals surface area (Å²) in [6.07, 6.45) is -4.82. The van der Waals surface area contributed by atoms with Crippen molar-refractivity contribution in [1.29, 1.82) is 0 Å². The van der Waals surface area contributed by atoms with Crippen LogP contribution in [0.25, 0.3) is 0 Å². The van der Waals surface area contributed by atoms with Crippen LogP contribution in [0.5, 0.6) is 11.5 Å². The number of aliphatic hydroxyl groups excluding tert-OH is 1. The van der Waals surface area contributed by atoms with Crippen LogP contribution in [0.1, 0.15) is 12.5 Å². The first kappa shape index (κ1) is 16.1. The van der Waals surface area contributed by atoms with Crippen LogP contribution in [0.2, 0.25) is 0 Å². The van der Waals surface area contributed by atoms with Crippen molar-refractivity contribution in [3.63, 3.8) is 0 Å². The number of alkyl halides is 3. The van der Waals surface area contributed by atoms with Gasteiger partial charge in [0.1, 0.15) is 11.5 Å². The summed E-state index contributed by atoms with van der Waals surface area (Å²) < 4.78 is 49.5. The van der Waals surface area contributed by atoms with Gasteiger partial charge in [0.2, 0.25) is 0 Å². The molecular weight excluding hydrogens is 281 g/mol. The van der Waals surface area contributed by atoms with Gasteiger partial charge in [-0.15, -0.1) is 13.2 Å². The minimum atomic E-state index is -4.82. The molecule has 0 saturated heterocycles. The molecule has 112 valence electrons. The maximum Gasteiger partial charge on any atom is 0.573 e. The highest BCUT2D eigenvalue weighted by molar-refractivity contribution is 5.71. The number of rotatable bonds is 6. The van der Waals surface area contributed by atoms with Crippen LogP contribution in [0.15, 0.2) is 18.2 Å². The number of esters is 1. The van der Waals surface area contributed by atoms with Crippen LogP contribution in [0, 0.1) is 0 Å². The van der Waals surface area contributed by atoms with Crippen molar-refractivity contribution in [3.05, 3.63) is 23.8 Å². The molecule has 0 heterocycles. The number of aliphatic hydroxyl groups is 1. The third-order valence-corrected chi connectivity index (χ3v) is 2.09. The van der Waals surface area contributed by atoms with Crippen LogP contribution in [0.3, 0.4) is 0 Å². The van der Waals surface area contributed by atoms with Crippen LogP contribution < -0.4 is 9.47 Å². The Kier molecular flexibility index (Phi) is 5.63. The Morgan fingerprint density at radius 3 is 2.60 bits per heavy atom. The number of carbonyl (C=O) groups is 1. The molecule has 0 aliphatic heterocycles. The summed E-state index contributed by atoms with van der Waals surface area (Å²) >= 11 is 0. The van der Waals surface area contributed by atoms with Crippen LogP contribution in [-0.2, 0) is 16.1 Å². The molecule has 0 atom stereocenters. The van der Waals surface area contributed by atoms with Gasteiger partial charge in [-0.2, -0.15) is 0 Å². The van der Waals surface area contributed by atoms with Crippen molar-refractivity contribution in [2.24, 2.45) is 0 Å². The number of hydrogen-bond donors (Lipinski definition) is 1. The van der Waals surface area contributed by atoms with E-state index in [4.69, 9.17) is 9.84 Å². The lowest BCUT2D eigenvalue weighted by atomic mass is 10.2. The Balaban J connectivity index is 2.75. The zero-order valence-electron chi connectivity index (χ0n) is 10.6. The quantitative estimate of drug-likeness (QED) is 0.813. The van der Waals surface area contributed by atoms with Gasteiger partial charge in [-0.3, -0.25) is 0 Å². The molecular formula is C12H13F3O5. The lowest BCUT2D eigenvalue weighted by molar-refractivity contribution is -0.274. The summed E-state index contributed by atoms with van der Waals surface area (Å²) in [4.78, 5) is 11.1. The molecule has 0 aliphatic carbocycles. The van der Waals surface area contributed by atoms with Gasteiger partial charge in [0.15, 0.2) is 6.61 Å². The maximum absolute atomic E-state index is 12.0. The van der Waals surface area contributed by atoms with Gasteiger partial charge < -0.3 is 19.3 Å². The average Bonchev–Trinajstić information content (AvgIpc) is 2.35. The van der Waals surface area contributed by atoms with Gasteiger partial charge >= 0.3 is 12.3 Å². The molecule has 0 spiro atoms. The largest absolute Gasteiger partial charge is 0.573 e. The lowest BCUT2D eigenvalue weighted by Crippen LogP contribution is -2.17. The first-order chi connectivity index (χ1) is 9.35. The summed E-state index contributed by atoms with van der Waals surface area (Å²) in [6.45, 7) is 0.848. The van der Waals surface area contributed by atoms with E-state index in [2.05, 4.69) is 9.47 Å². The van der Waals surface area contributed by atoms with E-state index in [1.165, 1.54) is 6.07 Å². The average molecular weight is 294 g/mol. The number of halogens is 3. The molecule has 0 fully saturated rings. The standard InChI is InChI=1S/C12H13F3O5/c1-2-18-11(17)7-19-10-4-3-9(5-8(10)6-16)20-12(13,14)15/h3-5,16H,2,6-7H2,1H3. The van der Waals surface area contributed by atoms with E-state index in [1.54, 1.807) is 6.92 Å². The SMILES string of the molecule is CCOC(=O)COc1ccc(OC(F)(F)F)cc1CO. The molecule has 1 aromatic rings. The van der Waals surface area contributed by atoms with E-state index in [0.29, 0.717) is 0 Å². The minimum absolute atomic E-state index is 0.0658. The highest BCUT2D eigenvalue weighted by Gasteiger charge is 2.31. The monoisotopic (exact) mass is 294 g/mol. The molecule has 0 amide bonds. The van der Waals surface area contributed by atoms with E-state index in [9.17, 15) is 18.0 Å². The van der Waals surface area contributed by atoms with Crippen molar-refractivity contribution in [2.75, 3.05) is 13.2 Å². The Hall–Kier alpha value is -1.96. The second kappa shape index (κ2) is 6.99. The summed E-state index contributed by atoms with van der Waals surface area (Å²) in [5, 5.41) is 9.08. The van der Waals surface area contributed by atoms with E-state index < -0.39 is 31.3 Å². The molecule has 0 aromatic heterocycles. The number of hydrogen-bond acceptors (Lipinski definition) is 5. The van der Waals surface area contributed by atoms with Crippen LogP contribution in [0.4, 0.5) is 13.2 Å². The normalized spacial score (nSPS) is 11.1. The molecule has 0 unspecified atom stereocenters. The fraction of sp³-hybridized carbons (Fsp3) is 0.417. The topological polar surface area (TPSA) is 65.0 Å². The Bertz CT molecular complexity index is 459. The van der Waals surface area contributed by atoms with E-state index in [1.807, 2.05) is 0 Å². The molecule has 1 N–H and O–H groups in total. The molecule has 1 rings (SSSR count). The smallest absolute Gasteiger partial charge is 0.482 e. The molecule has 1 aromatic carbocycles. The van der Waals surface area contributed by atoms with Crippen molar-refractivity contribution < 1.29 is 37.3 Å². The molecule has 0 saturated carbocycles. The number of carbonyl (C=O) groups excluding carboxylic acids is 1. The number of benzene rings is 1. The Labute approximate surface area is 112 Å². The molecule has 20 heavy (non-hydrogen) atoms. The zero-order valence-corrected chi connectivity index (χ0v) is 10.6. The second-order valence-corrected chi connectivity index (χ2v) is 3.57. The molecule has 0 bridgehead atoms. The van der Waals surface area contributed by atoms with Crippen LogP contribution in [-0.4, -0.2) is 30.7 Å². The van der Waals surface area contributed by atoms with Crippen molar-refractivity contribution in [2.45, 2.75) is 19.9 Å². The molecule has 8 heteroatoms. The summed E-state index contributed by atoms with van der Waals surface area (Å²) in [7, 11) is 0. The fourth-order valence-corrected chi connectivity index (χ4v) is 1.36. The van der Waals surface area contributed by atoms with Gasteiger partial charge in [-0.05, 0) is 25.1 Å². The summed E-state index contributed by atoms with van der Waals surface area (Å²) in [5.41, 5.74) is 0.0658. The van der Waals surface area contributed by atoms with Gasteiger partial charge in [0, 0.05) is 5.56 Å². The maximum atomic E-state index is 12.0. The molecule has 5 nitrogen and oxygen atoms in total. The Morgan fingerprint density at radius 2 is 2.05 bits per heavy atom. The third-order valence-electron chi connectivity index (χ3n) is 2.09. The second-order valence-electron chi connectivity index (χ2n) is 3.57.